The molecule has 1 aromatic carbocycles. The summed E-state index contributed by atoms with van der Waals surface area (Å²) in [4.78, 5) is 29.5. The van der Waals surface area contributed by atoms with E-state index in [4.69, 9.17) is 4.84 Å². The van der Waals surface area contributed by atoms with Crippen LogP contribution in [0.4, 0.5) is 13.2 Å². The number of nitrogens with zero attached hydrogens (tertiary/aromatic N) is 1. The van der Waals surface area contributed by atoms with Crippen LogP contribution in [0.25, 0.3) is 0 Å². The van der Waals surface area contributed by atoms with E-state index in [9.17, 15) is 27.9 Å². The summed E-state index contributed by atoms with van der Waals surface area (Å²) in [6, 6.07) is 0. The molecule has 0 heterocycles. The molecular formula is C25H31F3N2O4. The van der Waals surface area contributed by atoms with Crippen molar-refractivity contribution < 1.29 is 32.7 Å². The van der Waals surface area contributed by atoms with Gasteiger partial charge in [0.2, 0.25) is 0 Å². The molecule has 0 aromatic heterocycles. The smallest absolute Gasteiger partial charge is 0.471 e. The van der Waals surface area contributed by atoms with Crippen molar-refractivity contribution in [3.63, 3.8) is 0 Å². The second kappa shape index (κ2) is 10.9. The first-order valence-electron chi connectivity index (χ1n) is 11.0. The van der Waals surface area contributed by atoms with Gasteiger partial charge in [0.05, 0.1) is 11.3 Å². The van der Waals surface area contributed by atoms with Crippen LogP contribution in [-0.2, 0) is 21.0 Å². The number of rotatable bonds is 8. The average molecular weight is 481 g/mol. The molecule has 0 radical (unpaired) electrons. The first kappa shape index (κ1) is 27.1. The topological polar surface area (TPSA) is 88.0 Å². The van der Waals surface area contributed by atoms with Crippen molar-refractivity contribution in [3.8, 4) is 0 Å². The average Bonchev–Trinajstić information content (AvgIpc) is 2.75. The van der Waals surface area contributed by atoms with Crippen molar-refractivity contribution in [1.29, 1.82) is 0 Å². The number of benzene rings is 1. The number of carbonyl (C=O) groups excluding carboxylic acids is 2. The third kappa shape index (κ3) is 5.69. The van der Waals surface area contributed by atoms with Gasteiger partial charge in [-0.2, -0.15) is 13.2 Å². The maximum Gasteiger partial charge on any atom is 0.471 e. The van der Waals surface area contributed by atoms with E-state index in [-0.39, 0.29) is 49.0 Å². The number of carbonyl (C=O) groups is 2. The van der Waals surface area contributed by atoms with Crippen LogP contribution in [0.1, 0.15) is 65.5 Å². The largest absolute Gasteiger partial charge is 0.511 e. The maximum atomic E-state index is 13.0. The zero-order valence-electron chi connectivity index (χ0n) is 20.2. The molecular weight excluding hydrogens is 449 g/mol. The number of nitrogens with one attached hydrogen (secondary N) is 1. The van der Waals surface area contributed by atoms with Crippen molar-refractivity contribution in [2.24, 2.45) is 5.16 Å². The standard InChI is InChI=1S/C25H31F3N2O4/c1-7-9-34-30-19(8-2)23-20(31)10-17(11-21(23)32)22-15(5)13(3)14(4)18(16(22)6)12-29-24(33)25(26,27)28/h7,17,31H,1,8-12H2,2-6H3,(H,29,33). The van der Waals surface area contributed by atoms with Gasteiger partial charge in [0.25, 0.3) is 0 Å². The highest BCUT2D eigenvalue weighted by Crippen LogP contribution is 2.40. The molecule has 0 bridgehead atoms. The number of ketones is 1. The van der Waals surface area contributed by atoms with Gasteiger partial charge < -0.3 is 15.3 Å². The third-order valence-electron chi connectivity index (χ3n) is 6.36. The Morgan fingerprint density at radius 2 is 1.82 bits per heavy atom. The van der Waals surface area contributed by atoms with Crippen LogP contribution in [0.15, 0.2) is 29.1 Å². The lowest BCUT2D eigenvalue weighted by Gasteiger charge is -2.29. The number of aliphatic hydroxyl groups is 1. The lowest BCUT2D eigenvalue weighted by molar-refractivity contribution is -0.173. The molecule has 0 saturated heterocycles. The highest BCUT2D eigenvalue weighted by atomic mass is 19.4. The monoisotopic (exact) mass is 480 g/mol. The van der Waals surface area contributed by atoms with Gasteiger partial charge in [-0.3, -0.25) is 9.59 Å². The number of alkyl halides is 3. The second-order valence-corrected chi connectivity index (χ2v) is 8.40. The van der Waals surface area contributed by atoms with Crippen LogP contribution in [0, 0.1) is 27.7 Å². The molecule has 1 unspecified atom stereocenters. The maximum absolute atomic E-state index is 13.0. The van der Waals surface area contributed by atoms with Crippen molar-refractivity contribution in [3.05, 3.63) is 57.4 Å². The molecule has 1 aromatic rings. The molecule has 186 valence electrons. The molecule has 0 fully saturated rings. The van der Waals surface area contributed by atoms with E-state index < -0.39 is 12.1 Å². The third-order valence-corrected chi connectivity index (χ3v) is 6.36. The molecule has 2 rings (SSSR count). The Labute approximate surface area is 197 Å². The second-order valence-electron chi connectivity index (χ2n) is 8.40. The van der Waals surface area contributed by atoms with Crippen LogP contribution in [0.5, 0.6) is 0 Å². The molecule has 9 heteroatoms. The molecule has 34 heavy (non-hydrogen) atoms. The summed E-state index contributed by atoms with van der Waals surface area (Å²) in [6.07, 6.45) is -2.78. The van der Waals surface area contributed by atoms with Crippen molar-refractivity contribution in [2.45, 2.75) is 72.5 Å². The Morgan fingerprint density at radius 3 is 2.35 bits per heavy atom. The van der Waals surface area contributed by atoms with Crippen LogP contribution in [0.2, 0.25) is 0 Å². The van der Waals surface area contributed by atoms with Crippen molar-refractivity contribution >= 4 is 17.4 Å². The van der Waals surface area contributed by atoms with Gasteiger partial charge >= 0.3 is 12.1 Å². The summed E-state index contributed by atoms with van der Waals surface area (Å²) >= 11 is 0. The number of allylic oxidation sites excluding steroid dienone is 2. The molecule has 1 amide bonds. The zero-order chi connectivity index (χ0) is 25.8. The van der Waals surface area contributed by atoms with Gasteiger partial charge in [0, 0.05) is 19.4 Å². The number of oxime groups is 1. The van der Waals surface area contributed by atoms with E-state index >= 15 is 0 Å². The number of hydrogen-bond donors (Lipinski definition) is 2. The van der Waals surface area contributed by atoms with Crippen LogP contribution in [0.3, 0.4) is 0 Å². The predicted octanol–water partition coefficient (Wildman–Crippen LogP) is 5.33. The van der Waals surface area contributed by atoms with Crippen LogP contribution >= 0.6 is 0 Å². The predicted molar refractivity (Wildman–Crippen MR) is 124 cm³/mol. The normalized spacial score (nSPS) is 17.1. The van der Waals surface area contributed by atoms with E-state index in [2.05, 4.69) is 11.7 Å². The summed E-state index contributed by atoms with van der Waals surface area (Å²) in [5, 5.41) is 16.7. The molecule has 1 atom stereocenters. The summed E-state index contributed by atoms with van der Waals surface area (Å²) in [7, 11) is 0. The van der Waals surface area contributed by atoms with Crippen molar-refractivity contribution in [2.75, 3.05) is 6.61 Å². The minimum atomic E-state index is -4.97. The highest BCUT2D eigenvalue weighted by Gasteiger charge is 2.39. The molecule has 1 aliphatic rings. The minimum absolute atomic E-state index is 0.0898. The molecule has 6 nitrogen and oxygen atoms in total. The van der Waals surface area contributed by atoms with E-state index in [1.165, 1.54) is 6.08 Å². The molecule has 1 aliphatic carbocycles. The number of halogens is 3. The van der Waals surface area contributed by atoms with Gasteiger partial charge in [-0.15, -0.1) is 0 Å². The van der Waals surface area contributed by atoms with Crippen molar-refractivity contribution in [1.82, 2.24) is 5.32 Å². The van der Waals surface area contributed by atoms with Crippen LogP contribution in [-0.4, -0.2) is 35.3 Å². The lowest BCUT2D eigenvalue weighted by Crippen LogP contribution is -2.36. The minimum Gasteiger partial charge on any atom is -0.511 e. The van der Waals surface area contributed by atoms with Gasteiger partial charge in [0.15, 0.2) is 5.78 Å². The number of hydrogen-bond acceptors (Lipinski definition) is 5. The fourth-order valence-electron chi connectivity index (χ4n) is 4.46. The number of aliphatic hydroxyl groups excluding tert-OH is 1. The lowest BCUT2D eigenvalue weighted by atomic mass is 9.75. The van der Waals surface area contributed by atoms with Gasteiger partial charge in [-0.05, 0) is 73.4 Å². The van der Waals surface area contributed by atoms with E-state index in [1.54, 1.807) is 20.8 Å². The Kier molecular flexibility index (Phi) is 8.69. The molecule has 2 N–H and O–H groups in total. The van der Waals surface area contributed by atoms with E-state index in [0.29, 0.717) is 23.3 Å². The molecule has 0 aliphatic heterocycles. The summed E-state index contributed by atoms with van der Waals surface area (Å²) in [6.45, 7) is 12.5. The fraction of sp³-hybridized carbons (Fsp3) is 0.480. The first-order valence-corrected chi connectivity index (χ1v) is 11.0. The van der Waals surface area contributed by atoms with E-state index in [0.717, 1.165) is 22.3 Å². The highest BCUT2D eigenvalue weighted by molar-refractivity contribution is 6.23. The number of amides is 1. The molecule has 0 spiro atoms. The fourth-order valence-corrected chi connectivity index (χ4v) is 4.46. The van der Waals surface area contributed by atoms with Gasteiger partial charge in [0.1, 0.15) is 12.4 Å². The Hall–Kier alpha value is -3.10. The molecule has 0 saturated carbocycles. The zero-order valence-corrected chi connectivity index (χ0v) is 20.2. The first-order chi connectivity index (χ1) is 15.8. The summed E-state index contributed by atoms with van der Waals surface area (Å²) in [5.41, 5.74) is 5.15. The quantitative estimate of drug-likeness (QED) is 0.228. The summed E-state index contributed by atoms with van der Waals surface area (Å²) < 4.78 is 38.0. The van der Waals surface area contributed by atoms with Gasteiger partial charge in [-0.1, -0.05) is 24.7 Å². The Balaban J connectivity index is 2.46. The Morgan fingerprint density at radius 1 is 1.18 bits per heavy atom. The summed E-state index contributed by atoms with van der Waals surface area (Å²) in [5.74, 6) is -2.73. The van der Waals surface area contributed by atoms with Gasteiger partial charge in [-0.25, -0.2) is 0 Å². The SMILES string of the molecule is C=CCON=C(CC)C1=C(O)CC(c2c(C)c(C)c(C)c(CNC(=O)C(F)(F)F)c2C)CC1=O. The van der Waals surface area contributed by atoms with Crippen LogP contribution < -0.4 is 5.32 Å². The number of Topliss-reactive ketones (excluding diaryl/α,β-unsaturated/α-hetero) is 1. The van der Waals surface area contributed by atoms with E-state index in [1.807, 2.05) is 19.2 Å². The Bertz CT molecular complexity index is 1060.